The molecule has 0 amide bonds. The molecule has 3 heterocycles. The summed E-state index contributed by atoms with van der Waals surface area (Å²) in [5.41, 5.74) is 6.46. The van der Waals surface area contributed by atoms with Crippen molar-refractivity contribution in [2.45, 2.75) is 44.9 Å². The number of aromatic nitrogens is 1. The van der Waals surface area contributed by atoms with Crippen molar-refractivity contribution in [2.75, 3.05) is 6.61 Å². The van der Waals surface area contributed by atoms with Crippen molar-refractivity contribution in [2.24, 2.45) is 0 Å². The second kappa shape index (κ2) is 8.42. The lowest BCUT2D eigenvalue weighted by Gasteiger charge is -2.42. The molecule has 1 aromatic heterocycles. The second-order valence-electron chi connectivity index (χ2n) is 8.01. The Kier molecular flexibility index (Phi) is 6.39. The van der Waals surface area contributed by atoms with Crippen LogP contribution in [0.25, 0.3) is 27.9 Å². The minimum atomic E-state index is -1.24. The molecule has 1 fully saturated rings. The number of benzene rings is 2. The Morgan fingerprint density at radius 2 is 1.84 bits per heavy atom. The number of halogens is 1. The van der Waals surface area contributed by atoms with E-state index in [2.05, 4.69) is 18.8 Å². The molecule has 5 rings (SSSR count). The normalized spacial score (nSPS) is 25.3. The van der Waals surface area contributed by atoms with Crippen molar-refractivity contribution < 1.29 is 30.6 Å². The number of hydrogen-bond donors (Lipinski definition) is 5. The molecular formula is C22H27BrN2O6. The third-order valence-corrected chi connectivity index (χ3v) is 6.29. The molecule has 0 unspecified atom stereocenters. The van der Waals surface area contributed by atoms with Crippen LogP contribution in [0, 0.1) is 13.8 Å². The van der Waals surface area contributed by atoms with E-state index in [1.165, 1.54) is 0 Å². The van der Waals surface area contributed by atoms with Gasteiger partial charge in [-0.25, -0.2) is 0 Å². The predicted octanol–water partition coefficient (Wildman–Crippen LogP) is 1.62. The molecule has 4 atom stereocenters. The van der Waals surface area contributed by atoms with Crippen molar-refractivity contribution in [1.29, 1.82) is 0 Å². The van der Waals surface area contributed by atoms with Gasteiger partial charge in [0.1, 0.15) is 24.1 Å². The molecular weight excluding hydrogens is 468 g/mol. The van der Waals surface area contributed by atoms with Crippen LogP contribution >= 0.6 is 17.0 Å². The highest BCUT2D eigenvalue weighted by Gasteiger charge is 2.40. The fourth-order valence-corrected chi connectivity index (χ4v) is 4.66. The standard InChI is InChI=1S/C22H24N2O5.BrH.H2O/c1-10-15-8-24(22-21(28)20(27)17(26)9-29-22)6-5-13(15)11(2)19-18(10)14-7-12(25)3-4-16(14)23-19;;/h3-7,17,20-23,25-28H,8-9H2,1-2H3;1H;1H2/t17-,20-,21+,22-;;/m1../s1. The number of nitrogens with one attached hydrogen (secondary N) is 1. The quantitative estimate of drug-likeness (QED) is 0.348. The van der Waals surface area contributed by atoms with Crippen molar-refractivity contribution in [3.05, 3.63) is 46.7 Å². The van der Waals surface area contributed by atoms with Gasteiger partial charge in [0.25, 0.3) is 0 Å². The van der Waals surface area contributed by atoms with Gasteiger partial charge in [-0.05, 0) is 60.4 Å². The van der Waals surface area contributed by atoms with Crippen LogP contribution in [0.3, 0.4) is 0 Å². The average Bonchev–Trinajstić information content (AvgIpc) is 3.09. The van der Waals surface area contributed by atoms with Crippen LogP contribution in [0.4, 0.5) is 0 Å². The zero-order valence-electron chi connectivity index (χ0n) is 17.2. The van der Waals surface area contributed by atoms with Crippen LogP contribution in [0.15, 0.2) is 24.4 Å². The number of hydrogen-bond acceptors (Lipinski definition) is 6. The molecule has 0 saturated carbocycles. The molecule has 0 radical (unpaired) electrons. The van der Waals surface area contributed by atoms with Crippen LogP contribution < -0.4 is 0 Å². The summed E-state index contributed by atoms with van der Waals surface area (Å²) < 4.78 is 5.63. The zero-order valence-corrected chi connectivity index (χ0v) is 18.9. The first-order valence-corrected chi connectivity index (χ1v) is 9.73. The molecule has 0 aliphatic carbocycles. The minimum absolute atomic E-state index is 0. The Balaban J connectivity index is 0.00000136. The summed E-state index contributed by atoms with van der Waals surface area (Å²) in [7, 11) is 0. The van der Waals surface area contributed by atoms with E-state index in [1.54, 1.807) is 12.1 Å². The Morgan fingerprint density at radius 3 is 2.58 bits per heavy atom. The number of aryl methyl sites for hydroxylation is 2. The van der Waals surface area contributed by atoms with Gasteiger partial charge in [0.15, 0.2) is 6.23 Å². The zero-order chi connectivity index (χ0) is 20.4. The fourth-order valence-electron chi connectivity index (χ4n) is 4.66. The third kappa shape index (κ3) is 3.51. The Hall–Kier alpha value is -2.14. The first kappa shape index (κ1) is 23.5. The van der Waals surface area contributed by atoms with Gasteiger partial charge in [-0.15, -0.1) is 17.0 Å². The molecule has 2 aromatic carbocycles. The maximum atomic E-state index is 10.4. The highest BCUT2D eigenvalue weighted by atomic mass is 79.9. The Morgan fingerprint density at radius 1 is 1.10 bits per heavy atom. The first-order chi connectivity index (χ1) is 13.9. The number of ether oxygens (including phenoxy) is 1. The lowest BCUT2D eigenvalue weighted by molar-refractivity contribution is -0.222. The van der Waals surface area contributed by atoms with Gasteiger partial charge in [-0.3, -0.25) is 0 Å². The maximum absolute atomic E-state index is 10.4. The number of aliphatic hydroxyl groups is 3. The van der Waals surface area contributed by atoms with E-state index in [9.17, 15) is 20.4 Å². The minimum Gasteiger partial charge on any atom is -0.508 e. The number of fused-ring (bicyclic) bond motifs is 4. The van der Waals surface area contributed by atoms with Crippen molar-refractivity contribution in [3.8, 4) is 5.75 Å². The largest absolute Gasteiger partial charge is 0.508 e. The molecule has 2 aliphatic heterocycles. The molecule has 2 aliphatic rings. The summed E-state index contributed by atoms with van der Waals surface area (Å²) in [6.07, 6.45) is -0.416. The molecule has 8 nitrogen and oxygen atoms in total. The van der Waals surface area contributed by atoms with E-state index in [4.69, 9.17) is 4.74 Å². The molecule has 0 bridgehead atoms. The molecule has 7 N–H and O–H groups in total. The van der Waals surface area contributed by atoms with Crippen LogP contribution in [0.1, 0.15) is 22.3 Å². The Labute approximate surface area is 189 Å². The summed E-state index contributed by atoms with van der Waals surface area (Å²) in [6.45, 7) is 4.61. The van der Waals surface area contributed by atoms with E-state index in [-0.39, 0.29) is 34.8 Å². The summed E-state index contributed by atoms with van der Waals surface area (Å²) in [5.74, 6) is 0.223. The average molecular weight is 495 g/mol. The van der Waals surface area contributed by atoms with E-state index < -0.39 is 24.5 Å². The van der Waals surface area contributed by atoms with Gasteiger partial charge in [0.05, 0.1) is 12.1 Å². The Bertz CT molecular complexity index is 1160. The molecule has 0 spiro atoms. The van der Waals surface area contributed by atoms with Crippen molar-refractivity contribution in [3.63, 3.8) is 0 Å². The van der Waals surface area contributed by atoms with Crippen molar-refractivity contribution in [1.82, 2.24) is 9.88 Å². The number of aliphatic hydroxyl groups excluding tert-OH is 3. The van der Waals surface area contributed by atoms with Gasteiger partial charge in [0, 0.05) is 29.0 Å². The lowest BCUT2D eigenvalue weighted by atomic mass is 9.90. The SMILES string of the molecule is Br.Cc1c2c(c(C)c3c1[nH]c1ccc(O)cc13)CN([C@@H]1OC[C@@H](O)[C@@H](O)[C@@H]1O)C=C2.O. The summed E-state index contributed by atoms with van der Waals surface area (Å²) >= 11 is 0. The highest BCUT2D eigenvalue weighted by molar-refractivity contribution is 8.93. The number of H-pyrrole nitrogens is 1. The smallest absolute Gasteiger partial charge is 0.159 e. The monoisotopic (exact) mass is 494 g/mol. The van der Waals surface area contributed by atoms with Crippen LogP contribution in [-0.4, -0.2) is 66.9 Å². The summed E-state index contributed by atoms with van der Waals surface area (Å²) in [4.78, 5) is 5.33. The fraction of sp³-hybridized carbons (Fsp3) is 0.364. The summed E-state index contributed by atoms with van der Waals surface area (Å²) in [6, 6.07) is 5.32. The molecule has 168 valence electrons. The second-order valence-corrected chi connectivity index (χ2v) is 8.01. The van der Waals surface area contributed by atoms with Crippen LogP contribution in [-0.2, 0) is 11.3 Å². The predicted molar refractivity (Wildman–Crippen MR) is 123 cm³/mol. The van der Waals surface area contributed by atoms with E-state index in [0.29, 0.717) is 6.54 Å². The van der Waals surface area contributed by atoms with Crippen LogP contribution in [0.2, 0.25) is 0 Å². The topological polar surface area (TPSA) is 141 Å². The number of phenolic OH excluding ortho intramolecular Hbond substituents is 1. The number of phenols is 1. The maximum Gasteiger partial charge on any atom is 0.159 e. The van der Waals surface area contributed by atoms with Gasteiger partial charge in [-0.2, -0.15) is 0 Å². The first-order valence-electron chi connectivity index (χ1n) is 9.73. The molecule has 3 aromatic rings. The number of rotatable bonds is 1. The van der Waals surface area contributed by atoms with Gasteiger partial charge >= 0.3 is 0 Å². The molecule has 9 heteroatoms. The molecule has 31 heavy (non-hydrogen) atoms. The third-order valence-electron chi connectivity index (χ3n) is 6.29. The number of aromatic hydroxyl groups is 1. The van der Waals surface area contributed by atoms with E-state index >= 15 is 0 Å². The van der Waals surface area contributed by atoms with Gasteiger partial charge in [-0.1, -0.05) is 0 Å². The molecule has 1 saturated heterocycles. The summed E-state index contributed by atoms with van der Waals surface area (Å²) in [5, 5.41) is 42.2. The van der Waals surface area contributed by atoms with E-state index in [0.717, 1.165) is 44.1 Å². The van der Waals surface area contributed by atoms with Gasteiger partial charge in [0.2, 0.25) is 0 Å². The van der Waals surface area contributed by atoms with Gasteiger partial charge < -0.3 is 40.5 Å². The van der Waals surface area contributed by atoms with Crippen molar-refractivity contribution >= 4 is 44.9 Å². The van der Waals surface area contributed by atoms with E-state index in [1.807, 2.05) is 23.2 Å². The lowest BCUT2D eigenvalue weighted by Crippen LogP contribution is -2.57. The number of nitrogens with zero attached hydrogens (tertiary/aromatic N) is 1. The number of aromatic amines is 1. The highest BCUT2D eigenvalue weighted by Crippen LogP contribution is 2.39. The van der Waals surface area contributed by atoms with Crippen LogP contribution in [0.5, 0.6) is 5.75 Å².